The number of benzene rings is 1. The van der Waals surface area contributed by atoms with Crippen LogP contribution < -0.4 is 5.01 Å². The Kier molecular flexibility index (Phi) is 4.17. The van der Waals surface area contributed by atoms with Crippen LogP contribution in [-0.4, -0.2) is 5.71 Å². The first-order chi connectivity index (χ1) is 13.4. The zero-order valence-electron chi connectivity index (χ0n) is 15.1. The molecule has 4 heteroatoms. The van der Waals surface area contributed by atoms with Crippen LogP contribution in [-0.2, 0) is 0 Å². The molecule has 5 rings (SSSR count). The summed E-state index contributed by atoms with van der Waals surface area (Å²) in [5.74, 6) is 2.18. The Morgan fingerprint density at radius 3 is 2.56 bits per heavy atom. The third kappa shape index (κ3) is 3.01. The van der Waals surface area contributed by atoms with E-state index in [2.05, 4.69) is 41.4 Å². The highest BCUT2D eigenvalue weighted by atomic mass is 16.3. The summed E-state index contributed by atoms with van der Waals surface area (Å²) in [6.45, 7) is 0. The smallest absolute Gasteiger partial charge is 0.129 e. The van der Waals surface area contributed by atoms with E-state index >= 15 is 0 Å². The Morgan fingerprint density at radius 1 is 0.926 bits per heavy atom. The van der Waals surface area contributed by atoms with Crippen LogP contribution in [0, 0.1) is 5.92 Å². The van der Waals surface area contributed by atoms with Gasteiger partial charge in [0.1, 0.15) is 17.6 Å². The van der Waals surface area contributed by atoms with Crippen molar-refractivity contribution in [2.24, 2.45) is 11.0 Å². The molecule has 2 aliphatic rings. The van der Waals surface area contributed by atoms with Gasteiger partial charge >= 0.3 is 0 Å². The van der Waals surface area contributed by atoms with E-state index in [1.807, 2.05) is 24.3 Å². The summed E-state index contributed by atoms with van der Waals surface area (Å²) in [7, 11) is 0. The second kappa shape index (κ2) is 6.95. The summed E-state index contributed by atoms with van der Waals surface area (Å²) in [6.07, 6.45) is 10.2. The zero-order chi connectivity index (χ0) is 18.1. The van der Waals surface area contributed by atoms with Gasteiger partial charge in [-0.2, -0.15) is 5.10 Å². The highest BCUT2D eigenvalue weighted by Gasteiger charge is 2.42. The molecular weight excluding hydrogens is 336 g/mol. The molecule has 1 saturated carbocycles. The molecule has 0 radical (unpaired) electrons. The molecule has 0 saturated heterocycles. The van der Waals surface area contributed by atoms with Gasteiger partial charge in [0.05, 0.1) is 23.9 Å². The highest BCUT2D eigenvalue weighted by molar-refractivity contribution is 6.07. The van der Waals surface area contributed by atoms with Crippen molar-refractivity contribution in [2.45, 2.75) is 31.7 Å². The number of allylic oxidation sites excluding steroid dienone is 1. The van der Waals surface area contributed by atoms with E-state index in [1.54, 1.807) is 12.5 Å². The first-order valence-electron chi connectivity index (χ1n) is 9.61. The minimum Gasteiger partial charge on any atom is -0.467 e. The Labute approximate surface area is 158 Å². The molecule has 3 aromatic rings. The maximum absolute atomic E-state index is 5.85. The lowest BCUT2D eigenvalue weighted by molar-refractivity contribution is 0.404. The largest absolute Gasteiger partial charge is 0.467 e. The number of rotatable bonds is 3. The van der Waals surface area contributed by atoms with Crippen LogP contribution in [0.2, 0.25) is 0 Å². The van der Waals surface area contributed by atoms with Crippen LogP contribution in [0.3, 0.4) is 0 Å². The van der Waals surface area contributed by atoms with Gasteiger partial charge in [0.15, 0.2) is 0 Å². The van der Waals surface area contributed by atoms with E-state index in [4.69, 9.17) is 13.9 Å². The van der Waals surface area contributed by atoms with E-state index in [-0.39, 0.29) is 6.04 Å². The molecule has 1 aliphatic carbocycles. The van der Waals surface area contributed by atoms with Gasteiger partial charge in [-0.05, 0) is 67.3 Å². The maximum Gasteiger partial charge on any atom is 0.129 e. The second-order valence-electron chi connectivity index (χ2n) is 7.16. The molecule has 0 spiro atoms. The third-order valence-electron chi connectivity index (χ3n) is 5.47. The zero-order valence-corrected chi connectivity index (χ0v) is 15.1. The lowest BCUT2D eigenvalue weighted by Crippen LogP contribution is -2.25. The number of hydrazone groups is 1. The number of hydrogen-bond donors (Lipinski definition) is 0. The van der Waals surface area contributed by atoms with E-state index in [1.165, 1.54) is 24.1 Å². The second-order valence-corrected chi connectivity index (χ2v) is 7.16. The first-order valence-corrected chi connectivity index (χ1v) is 9.61. The number of para-hydroxylation sites is 1. The molecular formula is C23H22N2O2. The SMILES string of the molecule is C(=C1/CCCC[C@H]2C1=NN(c1ccccc1)[C@H]2c1ccco1)/c1ccco1. The number of nitrogens with zero attached hydrogens (tertiary/aromatic N) is 2. The lowest BCUT2D eigenvalue weighted by atomic mass is 9.87. The predicted molar refractivity (Wildman–Crippen MR) is 106 cm³/mol. The molecule has 136 valence electrons. The fraction of sp³-hybridized carbons (Fsp3) is 0.261. The molecule has 4 nitrogen and oxygen atoms in total. The van der Waals surface area contributed by atoms with Gasteiger partial charge in [-0.25, -0.2) is 0 Å². The van der Waals surface area contributed by atoms with Crippen molar-refractivity contribution < 1.29 is 8.83 Å². The Bertz CT molecular complexity index is 940. The number of anilines is 1. The van der Waals surface area contributed by atoms with Gasteiger partial charge in [-0.3, -0.25) is 5.01 Å². The quantitative estimate of drug-likeness (QED) is 0.571. The van der Waals surface area contributed by atoms with Gasteiger partial charge in [-0.15, -0.1) is 0 Å². The molecule has 27 heavy (non-hydrogen) atoms. The third-order valence-corrected chi connectivity index (χ3v) is 5.47. The Balaban J connectivity index is 1.61. The van der Waals surface area contributed by atoms with Crippen LogP contribution in [0.15, 0.2) is 86.6 Å². The van der Waals surface area contributed by atoms with Crippen LogP contribution in [0.25, 0.3) is 6.08 Å². The molecule has 1 fully saturated rings. The van der Waals surface area contributed by atoms with Crippen LogP contribution >= 0.6 is 0 Å². The van der Waals surface area contributed by atoms with Gasteiger partial charge in [-0.1, -0.05) is 24.6 Å². The van der Waals surface area contributed by atoms with Crippen molar-refractivity contribution in [3.63, 3.8) is 0 Å². The molecule has 1 aliphatic heterocycles. The fourth-order valence-corrected chi connectivity index (χ4v) is 4.25. The average Bonchev–Trinajstić information content (AvgIpc) is 3.43. The van der Waals surface area contributed by atoms with E-state index in [9.17, 15) is 0 Å². The number of hydrogen-bond acceptors (Lipinski definition) is 4. The van der Waals surface area contributed by atoms with E-state index < -0.39 is 0 Å². The highest BCUT2D eigenvalue weighted by Crippen LogP contribution is 2.45. The summed E-state index contributed by atoms with van der Waals surface area (Å²) in [5.41, 5.74) is 3.55. The van der Waals surface area contributed by atoms with Crippen molar-refractivity contribution in [3.05, 3.63) is 84.2 Å². The topological polar surface area (TPSA) is 41.9 Å². The number of furan rings is 2. The Morgan fingerprint density at radius 2 is 1.78 bits per heavy atom. The summed E-state index contributed by atoms with van der Waals surface area (Å²) >= 11 is 0. The van der Waals surface area contributed by atoms with Gasteiger partial charge in [0.25, 0.3) is 0 Å². The van der Waals surface area contributed by atoms with E-state index in [0.717, 1.165) is 30.0 Å². The minimum absolute atomic E-state index is 0.0931. The predicted octanol–water partition coefficient (Wildman–Crippen LogP) is 6.06. The van der Waals surface area contributed by atoms with Crippen molar-refractivity contribution >= 4 is 17.5 Å². The van der Waals surface area contributed by atoms with Crippen LogP contribution in [0.1, 0.15) is 43.2 Å². The maximum atomic E-state index is 5.85. The first kappa shape index (κ1) is 16.2. The van der Waals surface area contributed by atoms with Gasteiger partial charge < -0.3 is 8.83 Å². The normalized spacial score (nSPS) is 23.9. The molecule has 0 N–H and O–H groups in total. The molecule has 0 bridgehead atoms. The lowest BCUT2D eigenvalue weighted by Gasteiger charge is -2.26. The van der Waals surface area contributed by atoms with Crippen molar-refractivity contribution in [3.8, 4) is 0 Å². The molecule has 2 atom stereocenters. The monoisotopic (exact) mass is 358 g/mol. The minimum atomic E-state index is 0.0931. The van der Waals surface area contributed by atoms with Crippen molar-refractivity contribution in [1.82, 2.24) is 0 Å². The standard InChI is InChI=1S/C23H22N2O2/c1-2-9-18(10-3-1)25-23(21-13-7-15-27-21)20-12-5-4-8-17(22(20)24-25)16-19-11-6-14-26-19/h1-3,6-7,9-11,13-16,20,23H,4-5,8,12H2/b17-16+/t20-,23+/m0/s1. The summed E-state index contributed by atoms with van der Waals surface area (Å²) in [6, 6.07) is 18.4. The summed E-state index contributed by atoms with van der Waals surface area (Å²) < 4.78 is 11.4. The molecule has 1 aromatic carbocycles. The van der Waals surface area contributed by atoms with Gasteiger partial charge in [0.2, 0.25) is 0 Å². The summed E-state index contributed by atoms with van der Waals surface area (Å²) in [4.78, 5) is 0. The van der Waals surface area contributed by atoms with Gasteiger partial charge in [0, 0.05) is 5.92 Å². The fourth-order valence-electron chi connectivity index (χ4n) is 4.25. The van der Waals surface area contributed by atoms with Crippen LogP contribution in [0.5, 0.6) is 0 Å². The van der Waals surface area contributed by atoms with E-state index in [0.29, 0.717) is 5.92 Å². The molecule has 0 unspecified atom stereocenters. The van der Waals surface area contributed by atoms with Crippen molar-refractivity contribution in [1.29, 1.82) is 0 Å². The molecule has 0 amide bonds. The molecule has 2 aromatic heterocycles. The number of fused-ring (bicyclic) bond motifs is 1. The average molecular weight is 358 g/mol. The van der Waals surface area contributed by atoms with Crippen molar-refractivity contribution in [2.75, 3.05) is 5.01 Å². The Hall–Kier alpha value is -3.01. The molecule has 3 heterocycles. The van der Waals surface area contributed by atoms with Crippen LogP contribution in [0.4, 0.5) is 5.69 Å². The summed E-state index contributed by atoms with van der Waals surface area (Å²) in [5, 5.41) is 7.26.